The van der Waals surface area contributed by atoms with Gasteiger partial charge < -0.3 is 10.1 Å². The monoisotopic (exact) mass is 316 g/mol. The third-order valence-electron chi connectivity index (χ3n) is 3.20. The smallest absolute Gasteiger partial charge is 0.387 e. The van der Waals surface area contributed by atoms with Gasteiger partial charge in [0.05, 0.1) is 17.7 Å². The maximum absolute atomic E-state index is 12.4. The highest BCUT2D eigenvalue weighted by atomic mass is 19.3. The Labute approximate surface area is 132 Å². The molecular weight excluding hydrogens is 302 g/mol. The van der Waals surface area contributed by atoms with Crippen molar-refractivity contribution in [2.45, 2.75) is 19.6 Å². The number of rotatable bonds is 5. The second-order valence-electron chi connectivity index (χ2n) is 4.80. The number of nitrogens with zero attached hydrogens (tertiary/aromatic N) is 1. The molecule has 1 atom stereocenters. The molecule has 0 spiro atoms. The average molecular weight is 316 g/mol. The predicted octanol–water partition coefficient (Wildman–Crippen LogP) is 3.65. The van der Waals surface area contributed by atoms with Crippen molar-refractivity contribution in [1.82, 2.24) is 5.32 Å². The number of benzene rings is 2. The van der Waals surface area contributed by atoms with Gasteiger partial charge in [0.25, 0.3) is 5.91 Å². The number of ether oxygens (including phenoxy) is 1. The van der Waals surface area contributed by atoms with Gasteiger partial charge in [0.15, 0.2) is 0 Å². The Balaban J connectivity index is 2.17. The minimum atomic E-state index is -2.94. The number of carbonyl (C=O) groups is 1. The summed E-state index contributed by atoms with van der Waals surface area (Å²) < 4.78 is 29.3. The van der Waals surface area contributed by atoms with Crippen LogP contribution in [0.5, 0.6) is 5.75 Å². The van der Waals surface area contributed by atoms with Crippen LogP contribution < -0.4 is 10.1 Å². The molecule has 23 heavy (non-hydrogen) atoms. The van der Waals surface area contributed by atoms with Crippen molar-refractivity contribution in [3.8, 4) is 11.8 Å². The van der Waals surface area contributed by atoms with E-state index < -0.39 is 18.6 Å². The quantitative estimate of drug-likeness (QED) is 0.916. The van der Waals surface area contributed by atoms with Crippen LogP contribution in [0.15, 0.2) is 48.5 Å². The van der Waals surface area contributed by atoms with Crippen molar-refractivity contribution in [1.29, 1.82) is 5.26 Å². The second kappa shape index (κ2) is 7.36. The van der Waals surface area contributed by atoms with Crippen LogP contribution >= 0.6 is 0 Å². The summed E-state index contributed by atoms with van der Waals surface area (Å²) in [6.07, 6.45) is 0. The van der Waals surface area contributed by atoms with E-state index in [2.05, 4.69) is 10.1 Å². The van der Waals surface area contributed by atoms with Gasteiger partial charge in [0, 0.05) is 11.1 Å². The molecule has 0 heterocycles. The third kappa shape index (κ3) is 4.27. The zero-order chi connectivity index (χ0) is 16.8. The van der Waals surface area contributed by atoms with Crippen LogP contribution in [-0.4, -0.2) is 12.5 Å². The molecule has 4 nitrogen and oxygen atoms in total. The summed E-state index contributed by atoms with van der Waals surface area (Å²) >= 11 is 0. The molecule has 2 aromatic carbocycles. The Morgan fingerprint density at radius 2 is 1.96 bits per heavy atom. The van der Waals surface area contributed by atoms with Crippen LogP contribution in [0.25, 0.3) is 0 Å². The minimum Gasteiger partial charge on any atom is -0.434 e. The highest BCUT2D eigenvalue weighted by molar-refractivity contribution is 5.94. The molecular formula is C17H14F2N2O2. The molecule has 0 saturated carbocycles. The van der Waals surface area contributed by atoms with E-state index in [0.717, 1.165) is 0 Å². The lowest BCUT2D eigenvalue weighted by Crippen LogP contribution is -2.27. The Kier molecular flexibility index (Phi) is 5.26. The minimum absolute atomic E-state index is 0.0149. The number of nitrogens with one attached hydrogen (secondary N) is 1. The van der Waals surface area contributed by atoms with E-state index in [-0.39, 0.29) is 5.75 Å². The lowest BCUT2D eigenvalue weighted by Gasteiger charge is -2.18. The van der Waals surface area contributed by atoms with E-state index in [9.17, 15) is 13.6 Å². The van der Waals surface area contributed by atoms with Crippen molar-refractivity contribution in [3.63, 3.8) is 0 Å². The number of hydrogen-bond donors (Lipinski definition) is 1. The van der Waals surface area contributed by atoms with Crippen molar-refractivity contribution in [2.24, 2.45) is 0 Å². The van der Waals surface area contributed by atoms with E-state index >= 15 is 0 Å². The molecule has 6 heteroatoms. The normalized spacial score (nSPS) is 11.6. The molecule has 1 N–H and O–H groups in total. The molecule has 0 aliphatic rings. The van der Waals surface area contributed by atoms with Gasteiger partial charge in [-0.2, -0.15) is 14.0 Å². The molecule has 2 rings (SSSR count). The van der Waals surface area contributed by atoms with E-state index in [1.54, 1.807) is 43.3 Å². The standard InChI is InChI=1S/C17H14F2N2O2/c1-11(14-7-2-3-8-15(14)23-17(18)19)21-16(22)13-6-4-5-12(9-13)10-20/h2-9,11,17H,1H3,(H,21,22). The summed E-state index contributed by atoms with van der Waals surface area (Å²) in [7, 11) is 0. The van der Waals surface area contributed by atoms with E-state index in [4.69, 9.17) is 5.26 Å². The number of amides is 1. The summed E-state index contributed by atoms with van der Waals surface area (Å²) in [5.41, 5.74) is 1.13. The Morgan fingerprint density at radius 3 is 2.65 bits per heavy atom. The first-order chi connectivity index (χ1) is 11.0. The predicted molar refractivity (Wildman–Crippen MR) is 80.1 cm³/mol. The fraction of sp³-hybridized carbons (Fsp3) is 0.176. The van der Waals surface area contributed by atoms with Crippen LogP contribution in [0.3, 0.4) is 0 Å². The number of halogens is 2. The van der Waals surface area contributed by atoms with Crippen molar-refractivity contribution < 1.29 is 18.3 Å². The first-order valence-corrected chi connectivity index (χ1v) is 6.86. The van der Waals surface area contributed by atoms with Crippen molar-refractivity contribution in [2.75, 3.05) is 0 Å². The molecule has 0 bridgehead atoms. The fourth-order valence-corrected chi connectivity index (χ4v) is 2.13. The average Bonchev–Trinajstić information content (AvgIpc) is 2.54. The first-order valence-electron chi connectivity index (χ1n) is 6.86. The summed E-state index contributed by atoms with van der Waals surface area (Å²) in [6, 6.07) is 13.9. The number of hydrogen-bond acceptors (Lipinski definition) is 3. The molecule has 1 unspecified atom stereocenters. The van der Waals surface area contributed by atoms with E-state index in [0.29, 0.717) is 16.7 Å². The summed E-state index contributed by atoms with van der Waals surface area (Å²) in [6.45, 7) is -1.27. The largest absolute Gasteiger partial charge is 0.434 e. The third-order valence-corrected chi connectivity index (χ3v) is 3.20. The van der Waals surface area contributed by atoms with Crippen molar-refractivity contribution >= 4 is 5.91 Å². The zero-order valence-corrected chi connectivity index (χ0v) is 12.3. The zero-order valence-electron chi connectivity index (χ0n) is 12.3. The molecule has 0 radical (unpaired) electrons. The van der Waals surface area contributed by atoms with Gasteiger partial charge in [-0.1, -0.05) is 24.3 Å². The Bertz CT molecular complexity index is 741. The van der Waals surface area contributed by atoms with Gasteiger partial charge in [-0.25, -0.2) is 0 Å². The van der Waals surface area contributed by atoms with Crippen molar-refractivity contribution in [3.05, 3.63) is 65.2 Å². The lowest BCUT2D eigenvalue weighted by atomic mass is 10.1. The van der Waals surface area contributed by atoms with E-state index in [1.165, 1.54) is 12.1 Å². The van der Waals surface area contributed by atoms with E-state index in [1.807, 2.05) is 6.07 Å². The van der Waals surface area contributed by atoms with Gasteiger partial charge in [-0.05, 0) is 31.2 Å². The van der Waals surface area contributed by atoms with Crippen LogP contribution in [0.4, 0.5) is 8.78 Å². The van der Waals surface area contributed by atoms with Gasteiger partial charge in [-0.15, -0.1) is 0 Å². The summed E-state index contributed by atoms with van der Waals surface area (Å²) in [5.74, 6) is -0.387. The lowest BCUT2D eigenvalue weighted by molar-refractivity contribution is -0.0506. The number of nitriles is 1. The van der Waals surface area contributed by atoms with Gasteiger partial charge in [-0.3, -0.25) is 4.79 Å². The molecule has 0 aliphatic heterocycles. The summed E-state index contributed by atoms with van der Waals surface area (Å²) in [4.78, 5) is 12.2. The number of carbonyl (C=O) groups excluding carboxylic acids is 1. The molecule has 0 fully saturated rings. The van der Waals surface area contributed by atoms with Crippen LogP contribution in [-0.2, 0) is 0 Å². The van der Waals surface area contributed by atoms with Gasteiger partial charge in [0.1, 0.15) is 5.75 Å². The second-order valence-corrected chi connectivity index (χ2v) is 4.80. The first kappa shape index (κ1) is 16.4. The van der Waals surface area contributed by atoms with Crippen LogP contribution in [0.1, 0.15) is 34.5 Å². The SMILES string of the molecule is CC(NC(=O)c1cccc(C#N)c1)c1ccccc1OC(F)F. The van der Waals surface area contributed by atoms with Gasteiger partial charge >= 0.3 is 6.61 Å². The molecule has 1 amide bonds. The fourth-order valence-electron chi connectivity index (χ4n) is 2.13. The summed E-state index contributed by atoms with van der Waals surface area (Å²) in [5, 5.41) is 11.6. The molecule has 0 aliphatic carbocycles. The molecule has 0 aromatic heterocycles. The Hall–Kier alpha value is -2.94. The van der Waals surface area contributed by atoms with Gasteiger partial charge in [0.2, 0.25) is 0 Å². The molecule has 2 aromatic rings. The highest BCUT2D eigenvalue weighted by Gasteiger charge is 2.17. The number of para-hydroxylation sites is 1. The maximum atomic E-state index is 12.4. The molecule has 0 saturated heterocycles. The maximum Gasteiger partial charge on any atom is 0.387 e. The topological polar surface area (TPSA) is 62.1 Å². The molecule has 118 valence electrons. The highest BCUT2D eigenvalue weighted by Crippen LogP contribution is 2.26. The number of alkyl halides is 2. The Morgan fingerprint density at radius 1 is 1.22 bits per heavy atom. The van der Waals surface area contributed by atoms with Crippen LogP contribution in [0.2, 0.25) is 0 Å². The van der Waals surface area contributed by atoms with Crippen LogP contribution in [0, 0.1) is 11.3 Å².